The van der Waals surface area contributed by atoms with Crippen molar-refractivity contribution in [2.75, 3.05) is 5.32 Å². The van der Waals surface area contributed by atoms with E-state index in [-0.39, 0.29) is 6.04 Å². The van der Waals surface area contributed by atoms with Crippen LogP contribution in [0.3, 0.4) is 0 Å². The summed E-state index contributed by atoms with van der Waals surface area (Å²) in [5.41, 5.74) is 6.17. The molecule has 1 saturated carbocycles. The molecule has 2 rings (SSSR count). The number of hydrogen-bond acceptors (Lipinski definition) is 4. The van der Waals surface area contributed by atoms with Gasteiger partial charge in [-0.3, -0.25) is 0 Å². The summed E-state index contributed by atoms with van der Waals surface area (Å²) in [5, 5.41) is 3.46. The third-order valence-electron chi connectivity index (χ3n) is 3.06. The molecule has 1 heterocycles. The monoisotopic (exact) mass is 332 g/mol. The van der Waals surface area contributed by atoms with Gasteiger partial charge in [0.25, 0.3) is 0 Å². The largest absolute Gasteiger partial charge is 0.365 e. The average molecular weight is 332 g/mol. The van der Waals surface area contributed by atoms with Gasteiger partial charge in [0.05, 0.1) is 3.57 Å². The smallest absolute Gasteiger partial charge is 0.143 e. The van der Waals surface area contributed by atoms with Crippen molar-refractivity contribution in [3.63, 3.8) is 0 Å². The number of halogens is 1. The summed E-state index contributed by atoms with van der Waals surface area (Å²) in [6.45, 7) is 0. The number of aromatic nitrogens is 2. The van der Waals surface area contributed by atoms with Gasteiger partial charge >= 0.3 is 0 Å². The third kappa shape index (κ3) is 3.04. The number of nitrogens with one attached hydrogen (secondary N) is 1. The Morgan fingerprint density at radius 3 is 2.94 bits per heavy atom. The Bertz CT molecular complexity index is 345. The highest BCUT2D eigenvalue weighted by molar-refractivity contribution is 14.1. The van der Waals surface area contributed by atoms with Crippen molar-refractivity contribution in [2.45, 2.75) is 44.2 Å². The van der Waals surface area contributed by atoms with E-state index in [1.165, 1.54) is 19.3 Å². The molecule has 0 bridgehead atoms. The first-order chi connectivity index (χ1) is 7.77. The highest BCUT2D eigenvalue weighted by atomic mass is 127. The second-order valence-electron chi connectivity index (χ2n) is 4.27. The minimum absolute atomic E-state index is 0.244. The zero-order valence-corrected chi connectivity index (χ0v) is 11.4. The summed E-state index contributed by atoms with van der Waals surface area (Å²) in [4.78, 5) is 8.24. The summed E-state index contributed by atoms with van der Waals surface area (Å²) in [5.74, 6) is 0.915. The molecule has 0 amide bonds. The summed E-state index contributed by atoms with van der Waals surface area (Å²) < 4.78 is 1.05. The Morgan fingerprint density at radius 1 is 1.31 bits per heavy atom. The minimum atomic E-state index is 0.244. The lowest BCUT2D eigenvalue weighted by Gasteiger charge is -2.23. The Balaban J connectivity index is 2.05. The molecule has 1 aliphatic rings. The molecule has 0 aliphatic heterocycles. The van der Waals surface area contributed by atoms with Gasteiger partial charge in [0.1, 0.15) is 12.1 Å². The Morgan fingerprint density at radius 2 is 2.12 bits per heavy atom. The Kier molecular flexibility index (Phi) is 4.34. The van der Waals surface area contributed by atoms with Gasteiger partial charge in [-0.1, -0.05) is 19.3 Å². The summed E-state index contributed by atoms with van der Waals surface area (Å²) >= 11 is 2.24. The lowest BCUT2D eigenvalue weighted by Crippen LogP contribution is -2.39. The fraction of sp³-hybridized carbons (Fsp3) is 0.636. The van der Waals surface area contributed by atoms with Crippen LogP contribution in [0.1, 0.15) is 32.1 Å². The van der Waals surface area contributed by atoms with Gasteiger partial charge in [0.2, 0.25) is 0 Å². The third-order valence-corrected chi connectivity index (χ3v) is 3.85. The molecule has 4 nitrogen and oxygen atoms in total. The van der Waals surface area contributed by atoms with E-state index in [1.54, 1.807) is 6.33 Å². The maximum Gasteiger partial charge on any atom is 0.143 e. The van der Waals surface area contributed by atoms with Crippen LogP contribution < -0.4 is 11.1 Å². The molecule has 88 valence electrons. The topological polar surface area (TPSA) is 63.8 Å². The molecule has 1 aromatic heterocycles. The average Bonchev–Trinajstić information content (AvgIpc) is 2.48. The number of nitrogens with zero attached hydrogens (tertiary/aromatic N) is 2. The Labute approximate surface area is 110 Å². The maximum atomic E-state index is 6.17. The van der Waals surface area contributed by atoms with E-state index >= 15 is 0 Å². The number of rotatable bonds is 2. The standard InChI is InChI=1S/C11H17IN4/c12-8-6-14-7-15-11(8)16-10-5-3-1-2-4-9(10)13/h6-7,9-10H,1-5,13H2,(H,14,15,16). The highest BCUT2D eigenvalue weighted by Crippen LogP contribution is 2.21. The number of hydrogen-bond donors (Lipinski definition) is 2. The zero-order chi connectivity index (χ0) is 11.4. The quantitative estimate of drug-likeness (QED) is 0.643. The highest BCUT2D eigenvalue weighted by Gasteiger charge is 2.20. The van der Waals surface area contributed by atoms with Gasteiger partial charge in [-0.05, 0) is 35.4 Å². The van der Waals surface area contributed by atoms with E-state index in [9.17, 15) is 0 Å². The van der Waals surface area contributed by atoms with E-state index < -0.39 is 0 Å². The second-order valence-corrected chi connectivity index (χ2v) is 5.43. The van der Waals surface area contributed by atoms with E-state index in [0.717, 1.165) is 22.2 Å². The van der Waals surface area contributed by atoms with Crippen molar-refractivity contribution in [3.05, 3.63) is 16.1 Å². The van der Waals surface area contributed by atoms with Crippen molar-refractivity contribution in [1.82, 2.24) is 9.97 Å². The first-order valence-electron chi connectivity index (χ1n) is 5.75. The fourth-order valence-electron chi connectivity index (χ4n) is 2.11. The molecule has 2 atom stereocenters. The SMILES string of the molecule is NC1CCCCCC1Nc1ncncc1I. The van der Waals surface area contributed by atoms with E-state index in [1.807, 2.05) is 6.20 Å². The van der Waals surface area contributed by atoms with E-state index in [0.29, 0.717) is 6.04 Å². The van der Waals surface area contributed by atoms with Crippen LogP contribution in [0.2, 0.25) is 0 Å². The maximum absolute atomic E-state index is 6.17. The first-order valence-corrected chi connectivity index (χ1v) is 6.83. The van der Waals surface area contributed by atoms with Gasteiger partial charge in [-0.15, -0.1) is 0 Å². The first kappa shape index (κ1) is 12.0. The molecule has 0 aromatic carbocycles. The molecule has 1 fully saturated rings. The molecular formula is C11H17IN4. The van der Waals surface area contributed by atoms with Crippen molar-refractivity contribution in [3.8, 4) is 0 Å². The predicted molar refractivity (Wildman–Crippen MR) is 73.2 cm³/mol. The molecule has 2 unspecified atom stereocenters. The van der Waals surface area contributed by atoms with Crippen LogP contribution >= 0.6 is 22.6 Å². The van der Waals surface area contributed by atoms with Crippen LogP contribution in [0.15, 0.2) is 12.5 Å². The molecule has 0 spiro atoms. The second kappa shape index (κ2) is 5.77. The van der Waals surface area contributed by atoms with E-state index in [2.05, 4.69) is 37.9 Å². The zero-order valence-electron chi connectivity index (χ0n) is 9.19. The minimum Gasteiger partial charge on any atom is -0.365 e. The van der Waals surface area contributed by atoms with Crippen LogP contribution in [-0.2, 0) is 0 Å². The van der Waals surface area contributed by atoms with E-state index in [4.69, 9.17) is 5.73 Å². The van der Waals surface area contributed by atoms with Crippen LogP contribution in [0.5, 0.6) is 0 Å². The van der Waals surface area contributed by atoms with Crippen molar-refractivity contribution in [2.24, 2.45) is 5.73 Å². The fourth-order valence-corrected chi connectivity index (χ4v) is 2.57. The number of nitrogens with two attached hydrogens (primary N) is 1. The molecule has 1 aliphatic carbocycles. The van der Waals surface area contributed by atoms with Crippen LogP contribution in [0, 0.1) is 3.57 Å². The van der Waals surface area contributed by atoms with Crippen molar-refractivity contribution >= 4 is 28.4 Å². The Hall–Kier alpha value is -0.430. The molecule has 1 aromatic rings. The van der Waals surface area contributed by atoms with Crippen molar-refractivity contribution in [1.29, 1.82) is 0 Å². The summed E-state index contributed by atoms with van der Waals surface area (Å²) in [6, 6.07) is 0.596. The van der Waals surface area contributed by atoms with Gasteiger partial charge in [0.15, 0.2) is 0 Å². The number of anilines is 1. The van der Waals surface area contributed by atoms with Crippen LogP contribution in [0.4, 0.5) is 5.82 Å². The lowest BCUT2D eigenvalue weighted by molar-refractivity contribution is 0.526. The van der Waals surface area contributed by atoms with Gasteiger partial charge < -0.3 is 11.1 Å². The molecule has 0 saturated heterocycles. The summed E-state index contributed by atoms with van der Waals surface area (Å²) in [6.07, 6.45) is 9.45. The normalized spacial score (nSPS) is 26.1. The van der Waals surface area contributed by atoms with Crippen molar-refractivity contribution < 1.29 is 0 Å². The molecule has 3 N–H and O–H groups in total. The molecule has 5 heteroatoms. The predicted octanol–water partition coefficient (Wildman–Crippen LogP) is 2.15. The van der Waals surface area contributed by atoms with Gasteiger partial charge in [-0.2, -0.15) is 0 Å². The van der Waals surface area contributed by atoms with Crippen LogP contribution in [-0.4, -0.2) is 22.1 Å². The summed E-state index contributed by atoms with van der Waals surface area (Å²) in [7, 11) is 0. The molecular weight excluding hydrogens is 315 g/mol. The molecule has 16 heavy (non-hydrogen) atoms. The molecule has 0 radical (unpaired) electrons. The van der Waals surface area contributed by atoms with Gasteiger partial charge in [0, 0.05) is 18.3 Å². The van der Waals surface area contributed by atoms with Crippen LogP contribution in [0.25, 0.3) is 0 Å². The lowest BCUT2D eigenvalue weighted by atomic mass is 10.0. The van der Waals surface area contributed by atoms with Gasteiger partial charge in [-0.25, -0.2) is 9.97 Å².